The first kappa shape index (κ1) is 15.1. The van der Waals surface area contributed by atoms with Crippen molar-refractivity contribution in [1.82, 2.24) is 15.0 Å². The van der Waals surface area contributed by atoms with Crippen molar-refractivity contribution in [1.29, 1.82) is 0 Å². The first-order valence-corrected chi connectivity index (χ1v) is 7.84. The number of piperazine rings is 1. The molecule has 1 aromatic carbocycles. The lowest BCUT2D eigenvalue weighted by atomic mass is 10.3. The van der Waals surface area contributed by atoms with Crippen molar-refractivity contribution >= 4 is 0 Å². The highest BCUT2D eigenvalue weighted by molar-refractivity contribution is 5.20. The van der Waals surface area contributed by atoms with Crippen molar-refractivity contribution in [2.24, 2.45) is 0 Å². The van der Waals surface area contributed by atoms with Gasteiger partial charge in [0, 0.05) is 45.3 Å². The van der Waals surface area contributed by atoms with Gasteiger partial charge in [0.15, 0.2) is 0 Å². The van der Waals surface area contributed by atoms with Crippen molar-refractivity contribution in [3.63, 3.8) is 0 Å². The summed E-state index contributed by atoms with van der Waals surface area (Å²) in [6, 6.07) is 12.0. The van der Waals surface area contributed by atoms with Crippen LogP contribution in [0.3, 0.4) is 0 Å². The molecule has 0 spiro atoms. The third-order valence-corrected chi connectivity index (χ3v) is 3.95. The van der Waals surface area contributed by atoms with Crippen LogP contribution in [-0.4, -0.2) is 54.3 Å². The molecule has 1 saturated heterocycles. The Morgan fingerprint density at radius 2 is 1.82 bits per heavy atom. The summed E-state index contributed by atoms with van der Waals surface area (Å²) in [6.07, 6.45) is 0. The van der Waals surface area contributed by atoms with E-state index in [4.69, 9.17) is 9.26 Å². The summed E-state index contributed by atoms with van der Waals surface area (Å²) < 4.78 is 10.9. The monoisotopic (exact) mass is 301 g/mol. The lowest BCUT2D eigenvalue weighted by Gasteiger charge is -2.34. The molecule has 0 N–H and O–H groups in total. The fraction of sp³-hybridized carbons (Fsp3) is 0.471. The van der Waals surface area contributed by atoms with Crippen molar-refractivity contribution in [2.75, 3.05) is 39.3 Å². The molecule has 0 bridgehead atoms. The Bertz CT molecular complexity index is 562. The second kappa shape index (κ2) is 7.42. The third kappa shape index (κ3) is 4.32. The van der Waals surface area contributed by atoms with Crippen LogP contribution in [0.15, 0.2) is 40.9 Å². The normalized spacial score (nSPS) is 16.8. The SMILES string of the molecule is Cc1cc(CN2CCN(CCOc3ccccc3)CC2)no1. The summed E-state index contributed by atoms with van der Waals surface area (Å²) >= 11 is 0. The topological polar surface area (TPSA) is 41.7 Å². The first-order valence-electron chi connectivity index (χ1n) is 7.84. The summed E-state index contributed by atoms with van der Waals surface area (Å²) in [5.41, 5.74) is 1.03. The van der Waals surface area contributed by atoms with Crippen LogP contribution in [0.4, 0.5) is 0 Å². The van der Waals surface area contributed by atoms with Crippen LogP contribution >= 0.6 is 0 Å². The summed E-state index contributed by atoms with van der Waals surface area (Å²) in [5, 5.41) is 4.06. The number of hydrogen-bond acceptors (Lipinski definition) is 5. The Labute approximate surface area is 131 Å². The zero-order valence-corrected chi connectivity index (χ0v) is 13.1. The van der Waals surface area contributed by atoms with E-state index in [-0.39, 0.29) is 0 Å². The number of benzene rings is 1. The molecule has 1 fully saturated rings. The van der Waals surface area contributed by atoms with Crippen LogP contribution < -0.4 is 4.74 Å². The molecule has 118 valence electrons. The van der Waals surface area contributed by atoms with Gasteiger partial charge < -0.3 is 9.26 Å². The first-order chi connectivity index (χ1) is 10.8. The number of rotatable bonds is 6. The van der Waals surface area contributed by atoms with Crippen molar-refractivity contribution in [2.45, 2.75) is 13.5 Å². The molecule has 0 amide bonds. The maximum atomic E-state index is 5.76. The van der Waals surface area contributed by atoms with Gasteiger partial charge in [-0.15, -0.1) is 0 Å². The van der Waals surface area contributed by atoms with E-state index in [1.807, 2.05) is 43.3 Å². The van der Waals surface area contributed by atoms with E-state index in [0.717, 1.165) is 63.1 Å². The van der Waals surface area contributed by atoms with Crippen LogP contribution in [0.1, 0.15) is 11.5 Å². The highest BCUT2D eigenvalue weighted by Gasteiger charge is 2.17. The molecule has 1 aromatic heterocycles. The molecule has 22 heavy (non-hydrogen) atoms. The van der Waals surface area contributed by atoms with Crippen LogP contribution in [0.25, 0.3) is 0 Å². The zero-order valence-electron chi connectivity index (χ0n) is 13.1. The number of aryl methyl sites for hydroxylation is 1. The number of para-hydroxylation sites is 1. The molecule has 2 heterocycles. The smallest absolute Gasteiger partial charge is 0.133 e. The Balaban J connectivity index is 1.35. The fourth-order valence-corrected chi connectivity index (χ4v) is 2.70. The second-order valence-corrected chi connectivity index (χ2v) is 5.71. The van der Waals surface area contributed by atoms with Gasteiger partial charge in [-0.3, -0.25) is 9.80 Å². The minimum Gasteiger partial charge on any atom is -0.492 e. The summed E-state index contributed by atoms with van der Waals surface area (Å²) in [4.78, 5) is 4.87. The highest BCUT2D eigenvalue weighted by Crippen LogP contribution is 2.10. The average molecular weight is 301 g/mol. The quantitative estimate of drug-likeness (QED) is 0.818. The predicted molar refractivity (Wildman–Crippen MR) is 84.9 cm³/mol. The highest BCUT2D eigenvalue weighted by atomic mass is 16.5. The maximum Gasteiger partial charge on any atom is 0.133 e. The molecule has 0 aliphatic carbocycles. The lowest BCUT2D eigenvalue weighted by Crippen LogP contribution is -2.47. The van der Waals surface area contributed by atoms with E-state index in [0.29, 0.717) is 0 Å². The Kier molecular flexibility index (Phi) is 5.08. The van der Waals surface area contributed by atoms with Crippen molar-refractivity contribution < 1.29 is 9.26 Å². The number of nitrogens with zero attached hydrogens (tertiary/aromatic N) is 3. The standard InChI is InChI=1S/C17H23N3O2/c1-15-13-16(18-22-15)14-20-9-7-19(8-10-20)11-12-21-17-5-3-2-4-6-17/h2-6,13H,7-12,14H2,1H3. The molecule has 1 aliphatic heterocycles. The molecule has 0 unspecified atom stereocenters. The Morgan fingerprint density at radius 3 is 2.50 bits per heavy atom. The minimum atomic E-state index is 0.743. The summed E-state index contributed by atoms with van der Waals surface area (Å²) in [6.45, 7) is 8.82. The Hall–Kier alpha value is -1.85. The van der Waals surface area contributed by atoms with Gasteiger partial charge in [-0.05, 0) is 19.1 Å². The van der Waals surface area contributed by atoms with Gasteiger partial charge in [-0.1, -0.05) is 23.4 Å². The maximum absolute atomic E-state index is 5.76. The number of ether oxygens (including phenoxy) is 1. The molecule has 0 saturated carbocycles. The van der Waals surface area contributed by atoms with E-state index >= 15 is 0 Å². The Morgan fingerprint density at radius 1 is 1.09 bits per heavy atom. The largest absolute Gasteiger partial charge is 0.492 e. The molecule has 5 heteroatoms. The van der Waals surface area contributed by atoms with Gasteiger partial charge in [0.2, 0.25) is 0 Å². The van der Waals surface area contributed by atoms with E-state index in [1.165, 1.54) is 0 Å². The molecule has 0 atom stereocenters. The number of hydrogen-bond donors (Lipinski definition) is 0. The molecule has 5 nitrogen and oxygen atoms in total. The molecule has 1 aliphatic rings. The average Bonchev–Trinajstić information content (AvgIpc) is 2.95. The van der Waals surface area contributed by atoms with Crippen molar-refractivity contribution in [3.8, 4) is 5.75 Å². The minimum absolute atomic E-state index is 0.743. The predicted octanol–water partition coefficient (Wildman–Crippen LogP) is 2.18. The van der Waals surface area contributed by atoms with E-state index in [9.17, 15) is 0 Å². The third-order valence-electron chi connectivity index (χ3n) is 3.95. The second-order valence-electron chi connectivity index (χ2n) is 5.71. The van der Waals surface area contributed by atoms with Crippen LogP contribution in [0.2, 0.25) is 0 Å². The van der Waals surface area contributed by atoms with Gasteiger partial charge in [0.05, 0.1) is 5.69 Å². The lowest BCUT2D eigenvalue weighted by molar-refractivity contribution is 0.111. The summed E-state index contributed by atoms with van der Waals surface area (Å²) in [7, 11) is 0. The zero-order chi connectivity index (χ0) is 15.2. The van der Waals surface area contributed by atoms with E-state index < -0.39 is 0 Å². The molecule has 3 rings (SSSR count). The van der Waals surface area contributed by atoms with Crippen LogP contribution in [0, 0.1) is 6.92 Å². The molecular weight excluding hydrogens is 278 g/mol. The molecule has 0 radical (unpaired) electrons. The van der Waals surface area contributed by atoms with Gasteiger partial charge >= 0.3 is 0 Å². The molecule has 2 aromatic rings. The van der Waals surface area contributed by atoms with Gasteiger partial charge in [0.1, 0.15) is 18.1 Å². The van der Waals surface area contributed by atoms with Crippen LogP contribution in [0.5, 0.6) is 5.75 Å². The van der Waals surface area contributed by atoms with Gasteiger partial charge in [-0.2, -0.15) is 0 Å². The summed E-state index contributed by atoms with van der Waals surface area (Å²) in [5.74, 6) is 1.83. The van der Waals surface area contributed by atoms with E-state index in [2.05, 4.69) is 15.0 Å². The molecular formula is C17H23N3O2. The number of aromatic nitrogens is 1. The van der Waals surface area contributed by atoms with E-state index in [1.54, 1.807) is 0 Å². The van der Waals surface area contributed by atoms with Gasteiger partial charge in [-0.25, -0.2) is 0 Å². The van der Waals surface area contributed by atoms with Crippen molar-refractivity contribution in [3.05, 3.63) is 47.9 Å². The fourth-order valence-electron chi connectivity index (χ4n) is 2.70. The van der Waals surface area contributed by atoms with Crippen LogP contribution in [-0.2, 0) is 6.54 Å². The van der Waals surface area contributed by atoms with Gasteiger partial charge in [0.25, 0.3) is 0 Å².